The van der Waals surface area contributed by atoms with Crippen LogP contribution in [0.25, 0.3) is 0 Å². The lowest BCUT2D eigenvalue weighted by Gasteiger charge is -2.35. The highest BCUT2D eigenvalue weighted by atomic mass is 79.9. The molecular weight excluding hydrogens is 298 g/mol. The molecule has 0 spiro atoms. The second kappa shape index (κ2) is 4.66. The molecule has 1 aromatic rings. The summed E-state index contributed by atoms with van der Waals surface area (Å²) in [5, 5.41) is 0. The van der Waals surface area contributed by atoms with Gasteiger partial charge in [0.05, 0.1) is 0 Å². The van der Waals surface area contributed by atoms with Crippen LogP contribution in [0.1, 0.15) is 51.5 Å². The van der Waals surface area contributed by atoms with Gasteiger partial charge in [0.25, 0.3) is 0 Å². The summed E-state index contributed by atoms with van der Waals surface area (Å²) >= 11 is 3.60. The van der Waals surface area contributed by atoms with Gasteiger partial charge in [-0.2, -0.15) is 0 Å². The van der Waals surface area contributed by atoms with E-state index < -0.39 is 0 Å². The quantitative estimate of drug-likeness (QED) is 0.670. The molecule has 0 aromatic heterocycles. The van der Waals surface area contributed by atoms with Gasteiger partial charge in [-0.05, 0) is 36.6 Å². The Bertz CT molecular complexity index is 512. The van der Waals surface area contributed by atoms with Gasteiger partial charge in [0.15, 0.2) is 0 Å². The highest BCUT2D eigenvalue weighted by Gasteiger charge is 2.41. The van der Waals surface area contributed by atoms with E-state index in [1.54, 1.807) is 0 Å². The van der Waals surface area contributed by atoms with E-state index in [0.29, 0.717) is 6.04 Å². The molecule has 1 aliphatic carbocycles. The van der Waals surface area contributed by atoms with Crippen molar-refractivity contribution < 1.29 is 0 Å². The molecule has 3 rings (SSSR count). The highest BCUT2D eigenvalue weighted by molar-refractivity contribution is 9.10. The molecule has 0 saturated heterocycles. The maximum atomic E-state index is 4.42. The van der Waals surface area contributed by atoms with Crippen LogP contribution in [0, 0.1) is 0 Å². The summed E-state index contributed by atoms with van der Waals surface area (Å²) in [7, 11) is 0. The first-order valence-corrected chi connectivity index (χ1v) is 8.10. The molecule has 2 aliphatic rings. The molecular formula is C17H22BrN. The van der Waals surface area contributed by atoms with Crippen molar-refractivity contribution in [3.8, 4) is 0 Å². The van der Waals surface area contributed by atoms with E-state index in [-0.39, 0.29) is 5.41 Å². The van der Waals surface area contributed by atoms with Crippen LogP contribution in [0.3, 0.4) is 0 Å². The van der Waals surface area contributed by atoms with E-state index >= 15 is 0 Å². The van der Waals surface area contributed by atoms with Crippen LogP contribution >= 0.6 is 15.9 Å². The lowest BCUT2D eigenvalue weighted by molar-refractivity contribution is 0.424. The third-order valence-electron chi connectivity index (χ3n) is 4.84. The lowest BCUT2D eigenvalue weighted by atomic mass is 9.84. The van der Waals surface area contributed by atoms with Gasteiger partial charge >= 0.3 is 0 Å². The molecule has 1 heterocycles. The molecule has 0 N–H and O–H groups in total. The van der Waals surface area contributed by atoms with E-state index in [0.717, 1.165) is 4.47 Å². The predicted molar refractivity (Wildman–Crippen MR) is 85.7 cm³/mol. The highest BCUT2D eigenvalue weighted by Crippen LogP contribution is 2.50. The SMILES string of the molecule is C=C1N(C2CCCCC2)c2ccc(Br)cc2C1(C)C. The molecule has 1 saturated carbocycles. The zero-order valence-corrected chi connectivity index (χ0v) is 13.5. The standard InChI is InChI=1S/C17H22BrN/c1-12-17(2,3)15-11-13(18)9-10-16(15)19(12)14-7-5-4-6-8-14/h9-11,14H,1,4-8H2,2-3H3. The Morgan fingerprint density at radius 2 is 1.89 bits per heavy atom. The Morgan fingerprint density at radius 1 is 1.21 bits per heavy atom. The minimum Gasteiger partial charge on any atom is -0.342 e. The molecule has 1 aliphatic heterocycles. The summed E-state index contributed by atoms with van der Waals surface area (Å²) in [5.74, 6) is 0. The molecule has 0 unspecified atom stereocenters. The molecule has 0 amide bonds. The fraction of sp³-hybridized carbons (Fsp3) is 0.529. The predicted octanol–water partition coefficient (Wildman–Crippen LogP) is 5.39. The summed E-state index contributed by atoms with van der Waals surface area (Å²) in [4.78, 5) is 2.53. The Hall–Kier alpha value is -0.760. The number of rotatable bonds is 1. The lowest BCUT2D eigenvalue weighted by Crippen LogP contribution is -2.36. The second-order valence-corrected chi connectivity index (χ2v) is 7.31. The van der Waals surface area contributed by atoms with Crippen LogP contribution in [-0.2, 0) is 5.41 Å². The van der Waals surface area contributed by atoms with Crippen molar-refractivity contribution in [3.63, 3.8) is 0 Å². The minimum atomic E-state index is 0.0521. The number of halogens is 1. The molecule has 0 radical (unpaired) electrons. The maximum absolute atomic E-state index is 4.42. The van der Waals surface area contributed by atoms with Crippen LogP contribution in [0.2, 0.25) is 0 Å². The number of fused-ring (bicyclic) bond motifs is 1. The Balaban J connectivity index is 2.05. The summed E-state index contributed by atoms with van der Waals surface area (Å²) < 4.78 is 1.16. The Kier molecular flexibility index (Phi) is 3.24. The zero-order chi connectivity index (χ0) is 13.6. The first-order chi connectivity index (χ1) is 9.01. The topological polar surface area (TPSA) is 3.24 Å². The average Bonchev–Trinajstić information content (AvgIpc) is 2.59. The van der Waals surface area contributed by atoms with Crippen LogP contribution in [0.5, 0.6) is 0 Å². The number of hydrogen-bond donors (Lipinski definition) is 0. The number of anilines is 1. The largest absolute Gasteiger partial charge is 0.342 e. The van der Waals surface area contributed by atoms with E-state index in [9.17, 15) is 0 Å². The second-order valence-electron chi connectivity index (χ2n) is 6.40. The van der Waals surface area contributed by atoms with Crippen molar-refractivity contribution in [1.82, 2.24) is 0 Å². The van der Waals surface area contributed by atoms with Crippen molar-refractivity contribution in [1.29, 1.82) is 0 Å². The van der Waals surface area contributed by atoms with Gasteiger partial charge in [0, 0.05) is 27.3 Å². The molecule has 1 fully saturated rings. The van der Waals surface area contributed by atoms with Crippen molar-refractivity contribution >= 4 is 21.6 Å². The summed E-state index contributed by atoms with van der Waals surface area (Å²) in [6.45, 7) is 9.01. The molecule has 1 nitrogen and oxygen atoms in total. The first kappa shape index (κ1) is 13.2. The Labute approximate surface area is 124 Å². The van der Waals surface area contributed by atoms with Gasteiger partial charge in [-0.25, -0.2) is 0 Å². The normalized spacial score (nSPS) is 22.7. The van der Waals surface area contributed by atoms with Crippen LogP contribution in [0.4, 0.5) is 5.69 Å². The molecule has 1 aromatic carbocycles. The van der Waals surface area contributed by atoms with Gasteiger partial charge in [-0.15, -0.1) is 0 Å². The zero-order valence-electron chi connectivity index (χ0n) is 11.9. The first-order valence-electron chi connectivity index (χ1n) is 7.30. The van der Waals surface area contributed by atoms with Crippen LogP contribution in [-0.4, -0.2) is 6.04 Å². The van der Waals surface area contributed by atoms with Crippen molar-refractivity contribution in [2.75, 3.05) is 4.90 Å². The van der Waals surface area contributed by atoms with Gasteiger partial charge in [-0.1, -0.05) is 55.6 Å². The van der Waals surface area contributed by atoms with Gasteiger partial charge in [0.2, 0.25) is 0 Å². The van der Waals surface area contributed by atoms with Crippen molar-refractivity contribution in [2.24, 2.45) is 0 Å². The van der Waals surface area contributed by atoms with Gasteiger partial charge < -0.3 is 4.90 Å². The third-order valence-corrected chi connectivity index (χ3v) is 5.34. The molecule has 0 atom stereocenters. The summed E-state index contributed by atoms with van der Waals surface area (Å²) in [6.07, 6.45) is 6.74. The van der Waals surface area contributed by atoms with Crippen molar-refractivity contribution in [3.05, 3.63) is 40.5 Å². The smallest absolute Gasteiger partial charge is 0.0453 e. The van der Waals surface area contributed by atoms with E-state index in [1.165, 1.54) is 49.1 Å². The van der Waals surface area contributed by atoms with E-state index in [2.05, 4.69) is 59.5 Å². The third kappa shape index (κ3) is 2.05. The monoisotopic (exact) mass is 319 g/mol. The molecule has 0 bridgehead atoms. The molecule has 102 valence electrons. The summed E-state index contributed by atoms with van der Waals surface area (Å²) in [6, 6.07) is 7.34. The van der Waals surface area contributed by atoms with Crippen LogP contribution in [0.15, 0.2) is 34.9 Å². The van der Waals surface area contributed by atoms with E-state index in [1.807, 2.05) is 0 Å². The average molecular weight is 320 g/mol. The Morgan fingerprint density at radius 3 is 2.58 bits per heavy atom. The maximum Gasteiger partial charge on any atom is 0.0453 e. The molecule has 2 heteroatoms. The fourth-order valence-corrected chi connectivity index (χ4v) is 3.94. The molecule has 19 heavy (non-hydrogen) atoms. The van der Waals surface area contributed by atoms with Gasteiger partial charge in [0.1, 0.15) is 0 Å². The van der Waals surface area contributed by atoms with E-state index in [4.69, 9.17) is 0 Å². The summed E-state index contributed by atoms with van der Waals surface area (Å²) in [5.41, 5.74) is 4.12. The number of hydrogen-bond acceptors (Lipinski definition) is 1. The number of allylic oxidation sites excluding steroid dienone is 1. The van der Waals surface area contributed by atoms with Gasteiger partial charge in [-0.3, -0.25) is 0 Å². The number of nitrogens with zero attached hydrogens (tertiary/aromatic N) is 1. The fourth-order valence-electron chi connectivity index (χ4n) is 3.58. The van der Waals surface area contributed by atoms with Crippen LogP contribution < -0.4 is 4.90 Å². The van der Waals surface area contributed by atoms with Crippen molar-refractivity contribution in [2.45, 2.75) is 57.4 Å². The number of benzene rings is 1. The minimum absolute atomic E-state index is 0.0521.